The summed E-state index contributed by atoms with van der Waals surface area (Å²) >= 11 is 12.3. The predicted molar refractivity (Wildman–Crippen MR) is 124 cm³/mol. The number of halogens is 2. The quantitative estimate of drug-likeness (QED) is 0.366. The Hall–Kier alpha value is -3.14. The van der Waals surface area contributed by atoms with Crippen LogP contribution < -0.4 is 9.62 Å². The van der Waals surface area contributed by atoms with Gasteiger partial charge < -0.3 is 5.32 Å². The number of nitrogens with one attached hydrogen (secondary N) is 1. The molecule has 11 heteroatoms. The van der Waals surface area contributed by atoms with E-state index >= 15 is 0 Å². The van der Waals surface area contributed by atoms with E-state index in [0.717, 1.165) is 9.87 Å². The largest absolute Gasteiger partial charge is 0.324 e. The molecule has 0 atom stereocenters. The molecule has 0 saturated carbocycles. The molecular weight excluding hydrogens is 477 g/mol. The molecule has 3 aromatic carbocycles. The van der Waals surface area contributed by atoms with Gasteiger partial charge in [-0.05, 0) is 37.3 Å². The van der Waals surface area contributed by atoms with Crippen LogP contribution in [-0.2, 0) is 14.8 Å². The van der Waals surface area contributed by atoms with E-state index in [-0.39, 0.29) is 32.0 Å². The van der Waals surface area contributed by atoms with Crippen LogP contribution in [0.4, 0.5) is 17.1 Å². The Labute approximate surface area is 194 Å². The Morgan fingerprint density at radius 1 is 1.06 bits per heavy atom. The van der Waals surface area contributed by atoms with Crippen molar-refractivity contribution in [2.45, 2.75) is 11.8 Å². The minimum absolute atomic E-state index is 0.0222. The number of benzene rings is 3. The molecule has 0 aromatic heterocycles. The summed E-state index contributed by atoms with van der Waals surface area (Å²) in [6, 6.07) is 15.9. The van der Waals surface area contributed by atoms with Crippen LogP contribution >= 0.6 is 23.2 Å². The van der Waals surface area contributed by atoms with Gasteiger partial charge in [0.1, 0.15) is 6.54 Å². The van der Waals surface area contributed by atoms with E-state index in [1.165, 1.54) is 54.6 Å². The number of hydrogen-bond acceptors (Lipinski definition) is 5. The molecule has 3 rings (SSSR count). The number of sulfonamides is 1. The van der Waals surface area contributed by atoms with Gasteiger partial charge in [-0.15, -0.1) is 0 Å². The molecule has 0 fully saturated rings. The number of anilines is 2. The van der Waals surface area contributed by atoms with Gasteiger partial charge in [0.05, 0.1) is 25.6 Å². The van der Waals surface area contributed by atoms with Gasteiger partial charge >= 0.3 is 0 Å². The Morgan fingerprint density at radius 3 is 2.38 bits per heavy atom. The number of nitro groups is 1. The Balaban J connectivity index is 1.98. The number of amides is 1. The molecule has 0 aliphatic rings. The van der Waals surface area contributed by atoms with Crippen molar-refractivity contribution in [2.24, 2.45) is 0 Å². The number of carbonyl (C=O) groups is 1. The summed E-state index contributed by atoms with van der Waals surface area (Å²) in [5.74, 6) is -0.725. The lowest BCUT2D eigenvalue weighted by Crippen LogP contribution is -2.38. The van der Waals surface area contributed by atoms with Crippen LogP contribution in [0, 0.1) is 17.0 Å². The first-order valence-corrected chi connectivity index (χ1v) is 11.4. The van der Waals surface area contributed by atoms with Crippen molar-refractivity contribution in [3.63, 3.8) is 0 Å². The molecular formula is C21H17Cl2N3O5S. The molecule has 0 bridgehead atoms. The van der Waals surface area contributed by atoms with Crippen LogP contribution in [0.2, 0.25) is 10.0 Å². The first-order chi connectivity index (χ1) is 15.1. The molecule has 0 aliphatic heterocycles. The van der Waals surface area contributed by atoms with Crippen molar-refractivity contribution in [1.29, 1.82) is 0 Å². The summed E-state index contributed by atoms with van der Waals surface area (Å²) in [5.41, 5.74) is 0.813. The van der Waals surface area contributed by atoms with E-state index in [4.69, 9.17) is 23.2 Å². The number of carbonyl (C=O) groups excluding carboxylic acids is 1. The second-order valence-corrected chi connectivity index (χ2v) is 9.40. The Bertz CT molecular complexity index is 1280. The summed E-state index contributed by atoms with van der Waals surface area (Å²) in [6.07, 6.45) is 0. The Kier molecular flexibility index (Phi) is 7.02. The lowest BCUT2D eigenvalue weighted by molar-refractivity contribution is -0.384. The van der Waals surface area contributed by atoms with E-state index in [0.29, 0.717) is 0 Å². The van der Waals surface area contributed by atoms with Gasteiger partial charge in [-0.2, -0.15) is 0 Å². The second kappa shape index (κ2) is 9.56. The first-order valence-electron chi connectivity index (χ1n) is 9.17. The topological polar surface area (TPSA) is 110 Å². The average Bonchev–Trinajstić information content (AvgIpc) is 2.74. The molecule has 1 N–H and O–H groups in total. The third kappa shape index (κ3) is 5.18. The van der Waals surface area contributed by atoms with Crippen LogP contribution in [0.25, 0.3) is 0 Å². The van der Waals surface area contributed by atoms with Crippen LogP contribution in [-0.4, -0.2) is 25.8 Å². The lowest BCUT2D eigenvalue weighted by Gasteiger charge is -2.25. The molecule has 0 heterocycles. The van der Waals surface area contributed by atoms with E-state index in [1.54, 1.807) is 12.1 Å². The summed E-state index contributed by atoms with van der Waals surface area (Å²) in [4.78, 5) is 23.1. The summed E-state index contributed by atoms with van der Waals surface area (Å²) in [6.45, 7) is 1.17. The molecule has 1 amide bonds. The van der Waals surface area contributed by atoms with Gasteiger partial charge in [0.25, 0.3) is 15.7 Å². The molecule has 166 valence electrons. The van der Waals surface area contributed by atoms with Crippen molar-refractivity contribution in [2.75, 3.05) is 16.2 Å². The highest BCUT2D eigenvalue weighted by Gasteiger charge is 2.29. The van der Waals surface area contributed by atoms with E-state index in [2.05, 4.69) is 5.32 Å². The average molecular weight is 494 g/mol. The van der Waals surface area contributed by atoms with Crippen molar-refractivity contribution >= 4 is 56.2 Å². The highest BCUT2D eigenvalue weighted by atomic mass is 35.5. The van der Waals surface area contributed by atoms with Gasteiger partial charge in [0.2, 0.25) is 5.91 Å². The zero-order chi connectivity index (χ0) is 23.5. The third-order valence-corrected chi connectivity index (χ3v) is 7.02. The highest BCUT2D eigenvalue weighted by molar-refractivity contribution is 7.92. The molecule has 0 aliphatic carbocycles. The summed E-state index contributed by atoms with van der Waals surface area (Å²) in [5, 5.41) is 13.5. The van der Waals surface area contributed by atoms with Gasteiger partial charge in [-0.1, -0.05) is 53.0 Å². The van der Waals surface area contributed by atoms with Gasteiger partial charge in [-0.25, -0.2) is 8.42 Å². The van der Waals surface area contributed by atoms with Crippen LogP contribution in [0.15, 0.2) is 71.6 Å². The highest BCUT2D eigenvalue weighted by Crippen LogP contribution is 2.35. The fraction of sp³-hybridized carbons (Fsp3) is 0.0952. The molecule has 3 aromatic rings. The van der Waals surface area contributed by atoms with Gasteiger partial charge in [0, 0.05) is 17.8 Å². The maximum atomic E-state index is 13.4. The number of rotatable bonds is 7. The lowest BCUT2D eigenvalue weighted by atomic mass is 10.2. The first kappa shape index (κ1) is 23.5. The van der Waals surface area contributed by atoms with Gasteiger partial charge in [-0.3, -0.25) is 19.2 Å². The second-order valence-electron chi connectivity index (χ2n) is 6.75. The summed E-state index contributed by atoms with van der Waals surface area (Å²) in [7, 11) is -4.20. The van der Waals surface area contributed by atoms with Crippen molar-refractivity contribution in [1.82, 2.24) is 0 Å². The number of aryl methyl sites for hydroxylation is 1. The summed E-state index contributed by atoms with van der Waals surface area (Å²) < 4.78 is 27.6. The molecule has 8 nitrogen and oxygen atoms in total. The molecule has 32 heavy (non-hydrogen) atoms. The maximum Gasteiger partial charge on any atom is 0.271 e. The monoisotopic (exact) mass is 493 g/mol. The third-order valence-electron chi connectivity index (χ3n) is 4.44. The van der Waals surface area contributed by atoms with Crippen molar-refractivity contribution in [3.05, 3.63) is 92.5 Å². The molecule has 0 saturated heterocycles. The van der Waals surface area contributed by atoms with E-state index in [9.17, 15) is 23.3 Å². The number of hydrogen-bond donors (Lipinski definition) is 1. The maximum absolute atomic E-state index is 13.4. The molecule has 0 radical (unpaired) electrons. The fourth-order valence-corrected chi connectivity index (χ4v) is 4.73. The number of nitrogens with zero attached hydrogens (tertiary/aromatic N) is 2. The zero-order valence-electron chi connectivity index (χ0n) is 16.7. The van der Waals surface area contributed by atoms with Gasteiger partial charge in [0.15, 0.2) is 0 Å². The zero-order valence-corrected chi connectivity index (χ0v) is 19.0. The van der Waals surface area contributed by atoms with E-state index < -0.39 is 27.4 Å². The van der Waals surface area contributed by atoms with Crippen LogP contribution in [0.5, 0.6) is 0 Å². The molecule has 0 unspecified atom stereocenters. The van der Waals surface area contributed by atoms with Crippen molar-refractivity contribution < 1.29 is 18.1 Å². The van der Waals surface area contributed by atoms with E-state index in [1.807, 2.05) is 6.92 Å². The normalized spacial score (nSPS) is 11.1. The van der Waals surface area contributed by atoms with Crippen molar-refractivity contribution in [3.8, 4) is 0 Å². The smallest absolute Gasteiger partial charge is 0.271 e. The number of nitro benzene ring substituents is 1. The predicted octanol–water partition coefficient (Wildman–Crippen LogP) is 5.04. The molecule has 0 spiro atoms. The fourth-order valence-electron chi connectivity index (χ4n) is 2.85. The standard InChI is InChI=1S/C21H17Cl2N3O5S/c1-14-8-10-17(11-9-14)32(30,31)25(19-7-3-6-18(22)21(19)23)13-20(27)24-15-4-2-5-16(12-15)26(28)29/h2-12H,13H2,1H3,(H,24,27). The van der Waals surface area contributed by atoms with Crippen LogP contribution in [0.3, 0.4) is 0 Å². The SMILES string of the molecule is Cc1ccc(S(=O)(=O)N(CC(=O)Nc2cccc([N+](=O)[O-])c2)c2cccc(Cl)c2Cl)cc1. The number of non-ortho nitro benzene ring substituents is 1. The van der Waals surface area contributed by atoms with Crippen LogP contribution in [0.1, 0.15) is 5.56 Å². The minimum atomic E-state index is -4.20. The Morgan fingerprint density at radius 2 is 1.72 bits per heavy atom. The minimum Gasteiger partial charge on any atom is -0.324 e.